The summed E-state index contributed by atoms with van der Waals surface area (Å²) in [6, 6.07) is 4.42. The number of aromatic nitrogens is 1. The molecule has 1 rings (SSSR count). The van der Waals surface area contributed by atoms with E-state index in [1.165, 1.54) is 0 Å². The average Bonchev–Trinajstić information content (AvgIpc) is 2.36. The van der Waals surface area contributed by atoms with E-state index >= 15 is 0 Å². The van der Waals surface area contributed by atoms with Gasteiger partial charge >= 0.3 is 0 Å². The summed E-state index contributed by atoms with van der Waals surface area (Å²) in [5.74, 6) is 1.54. The van der Waals surface area contributed by atoms with Crippen molar-refractivity contribution >= 4 is 0 Å². The van der Waals surface area contributed by atoms with Crippen molar-refractivity contribution in [1.29, 1.82) is 0 Å². The normalized spacial score (nSPS) is 12.7. The molecule has 102 valence electrons. The van der Waals surface area contributed by atoms with Gasteiger partial charge in [0, 0.05) is 6.04 Å². The van der Waals surface area contributed by atoms with Crippen molar-refractivity contribution in [2.45, 2.75) is 46.6 Å². The van der Waals surface area contributed by atoms with Gasteiger partial charge in [-0.05, 0) is 37.4 Å². The summed E-state index contributed by atoms with van der Waals surface area (Å²) >= 11 is 0. The average molecular weight is 250 g/mol. The number of nitrogens with zero attached hydrogens (tertiary/aromatic N) is 1. The van der Waals surface area contributed by atoms with Crippen LogP contribution in [0.3, 0.4) is 0 Å². The molecule has 1 atom stereocenters. The highest BCUT2D eigenvalue weighted by molar-refractivity contribution is 5.21. The molecule has 1 aromatic heterocycles. The van der Waals surface area contributed by atoms with E-state index in [1.54, 1.807) is 0 Å². The van der Waals surface area contributed by atoms with Crippen molar-refractivity contribution in [3.05, 3.63) is 24.0 Å². The van der Waals surface area contributed by atoms with Crippen LogP contribution in [0, 0.1) is 5.92 Å². The van der Waals surface area contributed by atoms with Gasteiger partial charge in [-0.15, -0.1) is 0 Å². The maximum absolute atomic E-state index is 5.66. The Balaban J connectivity index is 2.50. The summed E-state index contributed by atoms with van der Waals surface area (Å²) in [6.07, 6.45) is 3.96. The summed E-state index contributed by atoms with van der Waals surface area (Å²) < 4.78 is 5.66. The van der Waals surface area contributed by atoms with Crippen LogP contribution >= 0.6 is 0 Å². The van der Waals surface area contributed by atoms with E-state index in [0.717, 1.165) is 37.4 Å². The Bertz CT molecular complexity index is 322. The number of rotatable bonds is 8. The molecule has 0 spiro atoms. The topological polar surface area (TPSA) is 34.1 Å². The van der Waals surface area contributed by atoms with E-state index in [4.69, 9.17) is 4.74 Å². The van der Waals surface area contributed by atoms with E-state index in [2.05, 4.69) is 44.1 Å². The Morgan fingerprint density at radius 3 is 2.56 bits per heavy atom. The lowest BCUT2D eigenvalue weighted by molar-refractivity contribution is 0.288. The van der Waals surface area contributed by atoms with Gasteiger partial charge in [0.2, 0.25) is 0 Å². The monoisotopic (exact) mass is 250 g/mol. The quantitative estimate of drug-likeness (QED) is 0.766. The van der Waals surface area contributed by atoms with Crippen molar-refractivity contribution in [1.82, 2.24) is 10.3 Å². The Hall–Kier alpha value is -1.09. The van der Waals surface area contributed by atoms with Crippen molar-refractivity contribution in [3.8, 4) is 5.75 Å². The predicted molar refractivity (Wildman–Crippen MR) is 75.9 cm³/mol. The van der Waals surface area contributed by atoms with Crippen LogP contribution in [0.4, 0.5) is 0 Å². The zero-order chi connectivity index (χ0) is 13.4. The number of pyridine rings is 1. The largest absolute Gasteiger partial charge is 0.492 e. The van der Waals surface area contributed by atoms with Gasteiger partial charge < -0.3 is 10.1 Å². The van der Waals surface area contributed by atoms with Crippen LogP contribution in [0.5, 0.6) is 5.75 Å². The zero-order valence-electron chi connectivity index (χ0n) is 12.1. The van der Waals surface area contributed by atoms with Crippen molar-refractivity contribution in [3.63, 3.8) is 0 Å². The molecule has 0 radical (unpaired) electrons. The molecule has 3 heteroatoms. The third-order valence-electron chi connectivity index (χ3n) is 2.94. The summed E-state index contributed by atoms with van der Waals surface area (Å²) in [4.78, 5) is 4.48. The SMILES string of the molecule is CCNC(CC)c1ccc(OCCC(C)C)cn1. The van der Waals surface area contributed by atoms with Gasteiger partial charge in [-0.2, -0.15) is 0 Å². The first-order valence-electron chi connectivity index (χ1n) is 6.99. The lowest BCUT2D eigenvalue weighted by Gasteiger charge is -2.15. The molecular formula is C15H26N2O. The van der Waals surface area contributed by atoms with Crippen LogP contribution in [0.25, 0.3) is 0 Å². The second kappa shape index (κ2) is 8.09. The fourth-order valence-electron chi connectivity index (χ4n) is 1.80. The van der Waals surface area contributed by atoms with Crippen molar-refractivity contribution < 1.29 is 4.74 Å². The molecule has 1 N–H and O–H groups in total. The first-order chi connectivity index (χ1) is 8.67. The van der Waals surface area contributed by atoms with Gasteiger partial charge in [-0.1, -0.05) is 27.7 Å². The highest BCUT2D eigenvalue weighted by Crippen LogP contribution is 2.17. The van der Waals surface area contributed by atoms with E-state index in [9.17, 15) is 0 Å². The molecule has 1 heterocycles. The van der Waals surface area contributed by atoms with Gasteiger partial charge in [0.25, 0.3) is 0 Å². The van der Waals surface area contributed by atoms with Gasteiger partial charge in [-0.25, -0.2) is 0 Å². The lowest BCUT2D eigenvalue weighted by atomic mass is 10.1. The highest BCUT2D eigenvalue weighted by atomic mass is 16.5. The standard InChI is InChI=1S/C15H26N2O/c1-5-14(16-6-2)15-8-7-13(11-17-15)18-10-9-12(3)4/h7-8,11-12,14,16H,5-6,9-10H2,1-4H3. The number of ether oxygens (including phenoxy) is 1. The number of hydrogen-bond donors (Lipinski definition) is 1. The molecule has 0 amide bonds. The molecule has 0 aliphatic carbocycles. The second-order valence-electron chi connectivity index (χ2n) is 4.97. The molecule has 1 unspecified atom stereocenters. The Labute approximate surface area is 111 Å². The number of nitrogens with one attached hydrogen (secondary N) is 1. The van der Waals surface area contributed by atoms with Crippen LogP contribution in [0.15, 0.2) is 18.3 Å². The first kappa shape index (κ1) is 15.0. The van der Waals surface area contributed by atoms with Crippen LogP contribution < -0.4 is 10.1 Å². The lowest BCUT2D eigenvalue weighted by Crippen LogP contribution is -2.20. The maximum atomic E-state index is 5.66. The smallest absolute Gasteiger partial charge is 0.137 e. The van der Waals surface area contributed by atoms with Gasteiger partial charge in [0.1, 0.15) is 5.75 Å². The summed E-state index contributed by atoms with van der Waals surface area (Å²) in [6.45, 7) is 10.4. The molecule has 0 aromatic carbocycles. The molecule has 0 fully saturated rings. The fourth-order valence-corrected chi connectivity index (χ4v) is 1.80. The van der Waals surface area contributed by atoms with Gasteiger partial charge in [0.15, 0.2) is 0 Å². The maximum Gasteiger partial charge on any atom is 0.137 e. The molecule has 0 saturated heterocycles. The van der Waals surface area contributed by atoms with Crippen LogP contribution in [-0.2, 0) is 0 Å². The zero-order valence-corrected chi connectivity index (χ0v) is 12.1. The Morgan fingerprint density at radius 1 is 1.28 bits per heavy atom. The Morgan fingerprint density at radius 2 is 2.06 bits per heavy atom. The highest BCUT2D eigenvalue weighted by Gasteiger charge is 2.08. The van der Waals surface area contributed by atoms with Crippen molar-refractivity contribution in [2.75, 3.05) is 13.2 Å². The molecule has 0 bridgehead atoms. The van der Waals surface area contributed by atoms with Crippen LogP contribution in [0.2, 0.25) is 0 Å². The number of hydrogen-bond acceptors (Lipinski definition) is 3. The van der Waals surface area contributed by atoms with Crippen LogP contribution in [-0.4, -0.2) is 18.1 Å². The van der Waals surface area contributed by atoms with E-state index < -0.39 is 0 Å². The fraction of sp³-hybridized carbons (Fsp3) is 0.667. The second-order valence-corrected chi connectivity index (χ2v) is 4.97. The first-order valence-corrected chi connectivity index (χ1v) is 6.99. The van der Waals surface area contributed by atoms with Crippen molar-refractivity contribution in [2.24, 2.45) is 5.92 Å². The van der Waals surface area contributed by atoms with Crippen LogP contribution in [0.1, 0.15) is 52.3 Å². The molecule has 1 aromatic rings. The van der Waals surface area contributed by atoms with E-state index in [-0.39, 0.29) is 0 Å². The molecule has 18 heavy (non-hydrogen) atoms. The molecule has 0 aliphatic heterocycles. The minimum Gasteiger partial charge on any atom is -0.492 e. The third-order valence-corrected chi connectivity index (χ3v) is 2.94. The summed E-state index contributed by atoms with van der Waals surface area (Å²) in [5, 5.41) is 3.42. The summed E-state index contributed by atoms with van der Waals surface area (Å²) in [7, 11) is 0. The minimum atomic E-state index is 0.347. The van der Waals surface area contributed by atoms with Gasteiger partial charge in [0.05, 0.1) is 18.5 Å². The molecule has 3 nitrogen and oxygen atoms in total. The predicted octanol–water partition coefficient (Wildman–Crippen LogP) is 3.57. The summed E-state index contributed by atoms with van der Waals surface area (Å²) in [5.41, 5.74) is 1.09. The third kappa shape index (κ3) is 5.05. The molecule has 0 aliphatic rings. The van der Waals surface area contributed by atoms with E-state index in [1.807, 2.05) is 12.3 Å². The molecule has 0 saturated carbocycles. The Kier molecular flexibility index (Phi) is 6.73. The minimum absolute atomic E-state index is 0.347. The molecular weight excluding hydrogens is 224 g/mol. The van der Waals surface area contributed by atoms with Gasteiger partial charge in [-0.3, -0.25) is 4.98 Å². The van der Waals surface area contributed by atoms with E-state index in [0.29, 0.717) is 12.0 Å².